The van der Waals surface area contributed by atoms with Gasteiger partial charge in [-0.05, 0) is 56.2 Å². The van der Waals surface area contributed by atoms with Gasteiger partial charge in [0, 0.05) is 43.1 Å². The minimum Gasteiger partial charge on any atom is -0.349 e. The van der Waals surface area contributed by atoms with E-state index in [1.807, 2.05) is 19.1 Å². The second kappa shape index (κ2) is 9.13. The fourth-order valence-electron chi connectivity index (χ4n) is 3.77. The summed E-state index contributed by atoms with van der Waals surface area (Å²) >= 11 is 0. The van der Waals surface area contributed by atoms with E-state index >= 15 is 0 Å². The highest BCUT2D eigenvalue weighted by atomic mass is 19.1. The molecule has 1 saturated heterocycles. The molecule has 0 saturated carbocycles. The lowest BCUT2D eigenvalue weighted by Crippen LogP contribution is -2.44. The van der Waals surface area contributed by atoms with E-state index in [-0.39, 0.29) is 17.8 Å². The third-order valence-electron chi connectivity index (χ3n) is 5.40. The van der Waals surface area contributed by atoms with E-state index in [0.717, 1.165) is 43.9 Å². The number of piperidine rings is 1. The molecule has 1 amide bonds. The van der Waals surface area contributed by atoms with Gasteiger partial charge in [0.1, 0.15) is 5.82 Å². The van der Waals surface area contributed by atoms with Crippen LogP contribution in [0.3, 0.4) is 0 Å². The summed E-state index contributed by atoms with van der Waals surface area (Å²) in [6, 6.07) is 16.0. The van der Waals surface area contributed by atoms with Gasteiger partial charge in [-0.25, -0.2) is 4.39 Å². The first kappa shape index (κ1) is 20.2. The van der Waals surface area contributed by atoms with Crippen LogP contribution in [0.25, 0.3) is 11.3 Å². The van der Waals surface area contributed by atoms with Crippen LogP contribution in [0, 0.1) is 12.7 Å². The number of aromatic nitrogens is 2. The molecule has 1 fully saturated rings. The standard InChI is InChI=1S/C24H25FN4O/c1-17-4-2-7-22(27-17)16-29-12-10-21(11-13-29)28-24(30)19-8-9-23(26-15-19)18-5-3-6-20(25)14-18/h2-9,14-15,21H,10-13,16H2,1H3,(H,28,30). The predicted molar refractivity (Wildman–Crippen MR) is 114 cm³/mol. The second-order valence-electron chi connectivity index (χ2n) is 7.74. The van der Waals surface area contributed by atoms with Gasteiger partial charge in [0.05, 0.1) is 17.0 Å². The highest BCUT2D eigenvalue weighted by molar-refractivity contribution is 5.94. The van der Waals surface area contributed by atoms with Crippen molar-refractivity contribution in [1.82, 2.24) is 20.2 Å². The quantitative estimate of drug-likeness (QED) is 0.699. The van der Waals surface area contributed by atoms with Gasteiger partial charge in [-0.1, -0.05) is 18.2 Å². The van der Waals surface area contributed by atoms with E-state index in [9.17, 15) is 9.18 Å². The summed E-state index contributed by atoms with van der Waals surface area (Å²) in [6.45, 7) is 4.70. The summed E-state index contributed by atoms with van der Waals surface area (Å²) in [6.07, 6.45) is 3.37. The Morgan fingerprint density at radius 3 is 2.63 bits per heavy atom. The molecule has 6 heteroatoms. The molecule has 1 aromatic carbocycles. The van der Waals surface area contributed by atoms with Crippen molar-refractivity contribution >= 4 is 5.91 Å². The zero-order chi connectivity index (χ0) is 20.9. The molecule has 1 N–H and O–H groups in total. The van der Waals surface area contributed by atoms with Crippen molar-refractivity contribution in [3.8, 4) is 11.3 Å². The number of pyridine rings is 2. The topological polar surface area (TPSA) is 58.1 Å². The molecule has 0 unspecified atom stereocenters. The second-order valence-corrected chi connectivity index (χ2v) is 7.74. The third kappa shape index (κ3) is 5.07. The van der Waals surface area contributed by atoms with Gasteiger partial charge >= 0.3 is 0 Å². The molecule has 0 aliphatic carbocycles. The zero-order valence-electron chi connectivity index (χ0n) is 17.0. The highest BCUT2D eigenvalue weighted by Gasteiger charge is 2.21. The lowest BCUT2D eigenvalue weighted by atomic mass is 10.0. The first-order valence-corrected chi connectivity index (χ1v) is 10.2. The van der Waals surface area contributed by atoms with Crippen LogP contribution in [0.1, 0.15) is 34.6 Å². The number of carbonyl (C=O) groups is 1. The van der Waals surface area contributed by atoms with Crippen LogP contribution in [0.2, 0.25) is 0 Å². The number of halogens is 1. The number of aryl methyl sites for hydroxylation is 1. The summed E-state index contributed by atoms with van der Waals surface area (Å²) in [5, 5.41) is 3.12. The molecule has 1 aliphatic rings. The number of nitrogens with zero attached hydrogens (tertiary/aromatic N) is 3. The molecule has 0 spiro atoms. The normalized spacial score (nSPS) is 15.1. The molecule has 0 atom stereocenters. The third-order valence-corrected chi connectivity index (χ3v) is 5.40. The molecule has 0 radical (unpaired) electrons. The number of likely N-dealkylation sites (tertiary alicyclic amines) is 1. The van der Waals surface area contributed by atoms with Crippen LogP contribution in [0.15, 0.2) is 60.8 Å². The summed E-state index contributed by atoms with van der Waals surface area (Å²) in [7, 11) is 0. The fraction of sp³-hybridized carbons (Fsp3) is 0.292. The maximum Gasteiger partial charge on any atom is 0.253 e. The number of benzene rings is 1. The minimum atomic E-state index is -0.305. The van der Waals surface area contributed by atoms with Gasteiger partial charge in [0.15, 0.2) is 0 Å². The Morgan fingerprint density at radius 2 is 1.93 bits per heavy atom. The van der Waals surface area contributed by atoms with Crippen molar-refractivity contribution in [1.29, 1.82) is 0 Å². The van der Waals surface area contributed by atoms with Crippen molar-refractivity contribution < 1.29 is 9.18 Å². The van der Waals surface area contributed by atoms with Gasteiger partial charge in [0.2, 0.25) is 0 Å². The molecule has 154 valence electrons. The Morgan fingerprint density at radius 1 is 1.13 bits per heavy atom. The van der Waals surface area contributed by atoms with E-state index in [2.05, 4.69) is 26.3 Å². The number of nitrogens with one attached hydrogen (secondary N) is 1. The molecule has 1 aliphatic heterocycles. The lowest BCUT2D eigenvalue weighted by molar-refractivity contribution is 0.0908. The van der Waals surface area contributed by atoms with E-state index in [1.165, 1.54) is 12.1 Å². The van der Waals surface area contributed by atoms with Gasteiger partial charge in [-0.2, -0.15) is 0 Å². The first-order chi connectivity index (χ1) is 14.6. The number of hydrogen-bond acceptors (Lipinski definition) is 4. The molecule has 2 aromatic heterocycles. The Kier molecular flexibility index (Phi) is 6.14. The SMILES string of the molecule is Cc1cccc(CN2CCC(NC(=O)c3ccc(-c4cccc(F)c4)nc3)CC2)n1. The predicted octanol–water partition coefficient (Wildman–Crippen LogP) is 3.99. The van der Waals surface area contributed by atoms with E-state index in [4.69, 9.17) is 0 Å². The van der Waals surface area contributed by atoms with Crippen molar-refractivity contribution in [2.75, 3.05) is 13.1 Å². The molecule has 5 nitrogen and oxygen atoms in total. The van der Waals surface area contributed by atoms with Crippen molar-refractivity contribution in [3.05, 3.63) is 83.6 Å². The highest BCUT2D eigenvalue weighted by Crippen LogP contribution is 2.18. The van der Waals surface area contributed by atoms with Crippen molar-refractivity contribution in [2.45, 2.75) is 32.4 Å². The number of hydrogen-bond donors (Lipinski definition) is 1. The fourth-order valence-corrected chi connectivity index (χ4v) is 3.77. The van der Waals surface area contributed by atoms with Crippen LogP contribution in [-0.4, -0.2) is 39.9 Å². The van der Waals surface area contributed by atoms with Crippen LogP contribution >= 0.6 is 0 Å². The molecule has 4 rings (SSSR count). The number of carbonyl (C=O) groups excluding carboxylic acids is 1. The summed E-state index contributed by atoms with van der Waals surface area (Å²) < 4.78 is 13.4. The van der Waals surface area contributed by atoms with Gasteiger partial charge < -0.3 is 5.32 Å². The Hall–Kier alpha value is -3.12. The molecule has 3 heterocycles. The minimum absolute atomic E-state index is 0.118. The van der Waals surface area contributed by atoms with Crippen LogP contribution in [0.4, 0.5) is 4.39 Å². The zero-order valence-corrected chi connectivity index (χ0v) is 17.0. The largest absolute Gasteiger partial charge is 0.349 e. The first-order valence-electron chi connectivity index (χ1n) is 10.2. The Balaban J connectivity index is 1.29. The van der Waals surface area contributed by atoms with Crippen LogP contribution in [0.5, 0.6) is 0 Å². The molecule has 3 aromatic rings. The van der Waals surface area contributed by atoms with E-state index in [0.29, 0.717) is 16.8 Å². The average Bonchev–Trinajstić information content (AvgIpc) is 2.75. The average molecular weight is 404 g/mol. The molecule has 0 bridgehead atoms. The number of rotatable bonds is 5. The summed E-state index contributed by atoms with van der Waals surface area (Å²) in [4.78, 5) is 23.9. The summed E-state index contributed by atoms with van der Waals surface area (Å²) in [5.41, 5.74) is 3.97. The van der Waals surface area contributed by atoms with Gasteiger partial charge in [-0.15, -0.1) is 0 Å². The van der Waals surface area contributed by atoms with Crippen molar-refractivity contribution in [2.24, 2.45) is 0 Å². The Bertz CT molecular complexity index is 1010. The van der Waals surface area contributed by atoms with Crippen LogP contribution < -0.4 is 5.32 Å². The van der Waals surface area contributed by atoms with E-state index < -0.39 is 0 Å². The lowest BCUT2D eigenvalue weighted by Gasteiger charge is -2.32. The maximum absolute atomic E-state index is 13.4. The van der Waals surface area contributed by atoms with Crippen LogP contribution in [-0.2, 0) is 6.54 Å². The maximum atomic E-state index is 13.4. The van der Waals surface area contributed by atoms with Gasteiger partial charge in [0.25, 0.3) is 5.91 Å². The summed E-state index contributed by atoms with van der Waals surface area (Å²) in [5.74, 6) is -0.423. The number of amides is 1. The van der Waals surface area contributed by atoms with Gasteiger partial charge in [-0.3, -0.25) is 19.7 Å². The smallest absolute Gasteiger partial charge is 0.253 e. The van der Waals surface area contributed by atoms with E-state index in [1.54, 1.807) is 30.5 Å². The monoisotopic (exact) mass is 404 g/mol. The molecular formula is C24H25FN4O. The Labute approximate surface area is 176 Å². The molecular weight excluding hydrogens is 379 g/mol. The molecule has 30 heavy (non-hydrogen) atoms. The van der Waals surface area contributed by atoms with Crippen molar-refractivity contribution in [3.63, 3.8) is 0 Å².